The number of rotatable bonds is 8. The molecule has 178 valence electrons. The van der Waals surface area contributed by atoms with Crippen LogP contribution in [0.1, 0.15) is 38.3 Å². The first-order valence-corrected chi connectivity index (χ1v) is 11.2. The van der Waals surface area contributed by atoms with E-state index in [4.69, 9.17) is 4.74 Å². The molecule has 1 heterocycles. The number of ether oxygens (including phenoxy) is 1. The number of hydrogen-bond acceptors (Lipinski definition) is 4. The van der Waals surface area contributed by atoms with Crippen LogP contribution >= 0.6 is 0 Å². The van der Waals surface area contributed by atoms with E-state index in [1.807, 2.05) is 36.5 Å². The van der Waals surface area contributed by atoms with Crippen molar-refractivity contribution in [3.05, 3.63) is 88.9 Å². The van der Waals surface area contributed by atoms with Crippen LogP contribution < -0.4 is 10.6 Å². The molecule has 4 nitrogen and oxygen atoms in total. The van der Waals surface area contributed by atoms with E-state index in [0.29, 0.717) is 25.8 Å². The van der Waals surface area contributed by atoms with E-state index in [1.54, 1.807) is 0 Å². The van der Waals surface area contributed by atoms with E-state index >= 15 is 0 Å². The fourth-order valence-electron chi connectivity index (χ4n) is 3.78. The van der Waals surface area contributed by atoms with Crippen molar-refractivity contribution in [3.8, 4) is 0 Å². The highest BCUT2D eigenvalue weighted by atomic mass is 19.4. The Morgan fingerprint density at radius 3 is 2.39 bits per heavy atom. The summed E-state index contributed by atoms with van der Waals surface area (Å²) in [6.45, 7) is 8.67. The molecule has 1 fully saturated rings. The molecule has 0 aliphatic carbocycles. The predicted octanol–water partition coefficient (Wildman–Crippen LogP) is 6.36. The summed E-state index contributed by atoms with van der Waals surface area (Å²) in [5.74, 6) is 0.443. The molecule has 0 aromatic heterocycles. The summed E-state index contributed by atoms with van der Waals surface area (Å²) in [7, 11) is 0. The van der Waals surface area contributed by atoms with E-state index in [-0.39, 0.29) is 0 Å². The first-order valence-electron chi connectivity index (χ1n) is 11.2. The largest absolute Gasteiger partial charge is 0.416 e. The van der Waals surface area contributed by atoms with Crippen molar-refractivity contribution in [2.45, 2.75) is 39.9 Å². The molecule has 0 atom stereocenters. The third kappa shape index (κ3) is 7.02. The van der Waals surface area contributed by atoms with E-state index in [0.717, 1.165) is 53.3 Å². The Bertz CT molecular complexity index is 951. The Kier molecular flexibility index (Phi) is 8.44. The fourth-order valence-corrected chi connectivity index (χ4v) is 3.78. The summed E-state index contributed by atoms with van der Waals surface area (Å²) >= 11 is 0. The summed E-state index contributed by atoms with van der Waals surface area (Å²) in [5, 5.41) is 6.83. The molecule has 0 bridgehead atoms. The van der Waals surface area contributed by atoms with Gasteiger partial charge < -0.3 is 20.3 Å². The standard InChI is InChI=1S/C26H32F3N3O/c1-4-24(31-14-20-10-12-22(13-11-20)26(27,28)29)25-21(15-30-23-8-6-5-7-9-23)17-33-18-32(25)16-19(2)3/h5-13,15,19,30-31H,4,14,16-18H2,1-3H3/b21-15+,25-24+. The molecule has 0 amide bonds. The van der Waals surface area contributed by atoms with Crippen LogP contribution in [0.15, 0.2) is 77.8 Å². The second-order valence-corrected chi connectivity index (χ2v) is 8.50. The Balaban J connectivity index is 1.85. The molecule has 0 unspecified atom stereocenters. The van der Waals surface area contributed by atoms with Gasteiger partial charge >= 0.3 is 6.18 Å². The van der Waals surface area contributed by atoms with Crippen LogP contribution in [0.3, 0.4) is 0 Å². The Morgan fingerprint density at radius 1 is 1.09 bits per heavy atom. The summed E-state index contributed by atoms with van der Waals surface area (Å²) in [4.78, 5) is 2.23. The number of benzene rings is 2. The lowest BCUT2D eigenvalue weighted by Crippen LogP contribution is -2.38. The zero-order valence-corrected chi connectivity index (χ0v) is 19.4. The molecule has 2 N–H and O–H groups in total. The smallest absolute Gasteiger partial charge is 0.383 e. The van der Waals surface area contributed by atoms with Gasteiger partial charge in [-0.3, -0.25) is 0 Å². The van der Waals surface area contributed by atoms with E-state index < -0.39 is 11.7 Å². The summed E-state index contributed by atoms with van der Waals surface area (Å²) in [6.07, 6.45) is -1.59. The Morgan fingerprint density at radius 2 is 1.79 bits per heavy atom. The van der Waals surface area contributed by atoms with Gasteiger partial charge in [0.05, 0.1) is 17.9 Å². The maximum Gasteiger partial charge on any atom is 0.416 e. The molecule has 7 heteroatoms. The summed E-state index contributed by atoms with van der Waals surface area (Å²) in [5.41, 5.74) is 4.31. The molecule has 0 radical (unpaired) electrons. The van der Waals surface area contributed by atoms with Crippen molar-refractivity contribution >= 4 is 5.69 Å². The minimum absolute atomic E-state index is 0.443. The molecular weight excluding hydrogens is 427 g/mol. The van der Waals surface area contributed by atoms with Gasteiger partial charge in [0.2, 0.25) is 0 Å². The molecule has 1 saturated heterocycles. The third-order valence-electron chi connectivity index (χ3n) is 5.32. The molecule has 1 aliphatic rings. The van der Waals surface area contributed by atoms with Gasteiger partial charge in [0.25, 0.3) is 0 Å². The molecule has 2 aromatic carbocycles. The second kappa shape index (κ2) is 11.3. The lowest BCUT2D eigenvalue weighted by Gasteiger charge is -2.36. The minimum Gasteiger partial charge on any atom is -0.383 e. The zero-order chi connectivity index (χ0) is 23.8. The monoisotopic (exact) mass is 459 g/mol. The quantitative estimate of drug-likeness (QED) is 0.482. The first kappa shape index (κ1) is 24.7. The van der Waals surface area contributed by atoms with Crippen LogP contribution in [-0.2, 0) is 17.5 Å². The van der Waals surface area contributed by atoms with Crippen molar-refractivity contribution in [2.24, 2.45) is 5.92 Å². The second-order valence-electron chi connectivity index (χ2n) is 8.50. The Hall–Kier alpha value is -2.93. The predicted molar refractivity (Wildman–Crippen MR) is 126 cm³/mol. The van der Waals surface area contributed by atoms with Gasteiger partial charge in [-0.15, -0.1) is 0 Å². The van der Waals surface area contributed by atoms with Crippen molar-refractivity contribution in [1.29, 1.82) is 0 Å². The van der Waals surface area contributed by atoms with Crippen LogP contribution in [0.5, 0.6) is 0 Å². The van der Waals surface area contributed by atoms with E-state index in [9.17, 15) is 13.2 Å². The fraction of sp³-hybridized carbons (Fsp3) is 0.385. The van der Waals surface area contributed by atoms with Crippen LogP contribution in [0.4, 0.5) is 18.9 Å². The lowest BCUT2D eigenvalue weighted by molar-refractivity contribution is -0.137. The number of para-hydroxylation sites is 1. The maximum absolute atomic E-state index is 12.9. The third-order valence-corrected chi connectivity index (χ3v) is 5.32. The van der Waals surface area contributed by atoms with Crippen molar-refractivity contribution < 1.29 is 17.9 Å². The van der Waals surface area contributed by atoms with Gasteiger partial charge in [0.15, 0.2) is 0 Å². The number of nitrogens with one attached hydrogen (secondary N) is 2. The van der Waals surface area contributed by atoms with Crippen molar-refractivity contribution in [3.63, 3.8) is 0 Å². The zero-order valence-electron chi connectivity index (χ0n) is 19.4. The highest BCUT2D eigenvalue weighted by molar-refractivity contribution is 5.48. The van der Waals surface area contributed by atoms with Gasteiger partial charge in [-0.1, -0.05) is 51.1 Å². The average molecular weight is 460 g/mol. The minimum atomic E-state index is -4.33. The van der Waals surface area contributed by atoms with Gasteiger partial charge in [0, 0.05) is 36.2 Å². The van der Waals surface area contributed by atoms with Crippen LogP contribution in [0.2, 0.25) is 0 Å². The SMILES string of the molecule is CC/C(NCc1ccc(C(F)(F)F)cc1)=C1/C(=C/Nc2ccccc2)COCN1CC(C)C. The molecular formula is C26H32F3N3O. The van der Waals surface area contributed by atoms with Crippen molar-refractivity contribution in [1.82, 2.24) is 10.2 Å². The van der Waals surface area contributed by atoms with Crippen LogP contribution in [-0.4, -0.2) is 24.8 Å². The first-order chi connectivity index (χ1) is 15.8. The lowest BCUT2D eigenvalue weighted by atomic mass is 10.1. The topological polar surface area (TPSA) is 36.5 Å². The van der Waals surface area contributed by atoms with Crippen LogP contribution in [0, 0.1) is 5.92 Å². The molecule has 1 aliphatic heterocycles. The van der Waals surface area contributed by atoms with Gasteiger partial charge in [-0.05, 0) is 42.2 Å². The molecule has 0 spiro atoms. The highest BCUT2D eigenvalue weighted by Crippen LogP contribution is 2.30. The van der Waals surface area contributed by atoms with Gasteiger partial charge in [0.1, 0.15) is 6.73 Å². The van der Waals surface area contributed by atoms with Crippen molar-refractivity contribution in [2.75, 3.05) is 25.2 Å². The highest BCUT2D eigenvalue weighted by Gasteiger charge is 2.30. The molecule has 3 rings (SSSR count). The number of nitrogens with zero attached hydrogens (tertiary/aromatic N) is 1. The number of halogens is 3. The molecule has 0 saturated carbocycles. The van der Waals surface area contributed by atoms with Crippen LogP contribution in [0.25, 0.3) is 0 Å². The number of allylic oxidation sites excluding steroid dienone is 1. The Labute approximate surface area is 194 Å². The van der Waals surface area contributed by atoms with Gasteiger partial charge in [-0.25, -0.2) is 0 Å². The summed E-state index contributed by atoms with van der Waals surface area (Å²) in [6, 6.07) is 15.2. The molecule has 2 aromatic rings. The van der Waals surface area contributed by atoms with Gasteiger partial charge in [-0.2, -0.15) is 13.2 Å². The normalized spacial score (nSPS) is 17.4. The number of alkyl halides is 3. The van der Waals surface area contributed by atoms with E-state index in [2.05, 4.69) is 36.3 Å². The molecule has 33 heavy (non-hydrogen) atoms. The average Bonchev–Trinajstić information content (AvgIpc) is 2.79. The number of anilines is 1. The maximum atomic E-state index is 12.9. The van der Waals surface area contributed by atoms with E-state index in [1.165, 1.54) is 12.1 Å². The summed E-state index contributed by atoms with van der Waals surface area (Å²) < 4.78 is 44.5. The number of hydrogen-bond donors (Lipinski definition) is 2.